The van der Waals surface area contributed by atoms with Gasteiger partial charge in [0.1, 0.15) is 11.3 Å². The van der Waals surface area contributed by atoms with Crippen molar-refractivity contribution in [1.29, 1.82) is 0 Å². The minimum Gasteiger partial charge on any atom is -0.459 e. The summed E-state index contributed by atoms with van der Waals surface area (Å²) in [5.74, 6) is 0.611. The molecule has 3 aromatic rings. The molecule has 3 rings (SSSR count). The lowest BCUT2D eigenvalue weighted by Gasteiger charge is -2.09. The van der Waals surface area contributed by atoms with Gasteiger partial charge in [0.2, 0.25) is 5.91 Å². The zero-order chi connectivity index (χ0) is 15.4. The number of hydrogen-bond acceptors (Lipinski definition) is 2. The highest BCUT2D eigenvalue weighted by Crippen LogP contribution is 2.23. The highest BCUT2D eigenvalue weighted by molar-refractivity contribution is 5.92. The van der Waals surface area contributed by atoms with Crippen molar-refractivity contribution in [3.8, 4) is 0 Å². The van der Waals surface area contributed by atoms with Crippen molar-refractivity contribution in [3.05, 3.63) is 78.1 Å². The molecular formula is C19H17NO2. The summed E-state index contributed by atoms with van der Waals surface area (Å²) in [4.78, 5) is 12.0. The molecule has 0 spiro atoms. The fourth-order valence-corrected chi connectivity index (χ4v) is 2.28. The number of carbonyl (C=O) groups excluding carboxylic acids is 1. The Labute approximate surface area is 129 Å². The molecule has 1 aromatic heterocycles. The van der Waals surface area contributed by atoms with Gasteiger partial charge in [-0.15, -0.1) is 0 Å². The molecule has 0 radical (unpaired) electrons. The summed E-state index contributed by atoms with van der Waals surface area (Å²) in [6.07, 6.45) is 3.33. The van der Waals surface area contributed by atoms with Crippen LogP contribution in [0, 0.1) is 0 Å². The monoisotopic (exact) mass is 291 g/mol. The molecule has 0 saturated carbocycles. The summed E-state index contributed by atoms with van der Waals surface area (Å²) in [6, 6.07) is 19.3. The molecule has 22 heavy (non-hydrogen) atoms. The molecule has 0 saturated heterocycles. The Morgan fingerprint density at radius 2 is 1.82 bits per heavy atom. The molecule has 0 aliphatic heterocycles. The van der Waals surface area contributed by atoms with Crippen LogP contribution in [0.25, 0.3) is 17.0 Å². The quantitative estimate of drug-likeness (QED) is 0.727. The minimum atomic E-state index is -0.180. The first kappa shape index (κ1) is 14.1. The number of nitrogens with one attached hydrogen (secondary N) is 1. The molecule has 3 heteroatoms. The summed E-state index contributed by atoms with van der Waals surface area (Å²) in [6.45, 7) is 1.91. The van der Waals surface area contributed by atoms with Crippen molar-refractivity contribution >= 4 is 23.0 Å². The first-order valence-corrected chi connectivity index (χ1v) is 7.24. The van der Waals surface area contributed by atoms with Gasteiger partial charge in [0.05, 0.1) is 6.04 Å². The number of hydrogen-bond donors (Lipinski definition) is 1. The van der Waals surface area contributed by atoms with Crippen molar-refractivity contribution in [2.45, 2.75) is 13.0 Å². The van der Waals surface area contributed by atoms with E-state index in [-0.39, 0.29) is 11.9 Å². The van der Waals surface area contributed by atoms with Crippen LogP contribution in [0.5, 0.6) is 0 Å². The van der Waals surface area contributed by atoms with E-state index in [1.54, 1.807) is 6.08 Å². The van der Waals surface area contributed by atoms with Crippen LogP contribution in [0.15, 0.2) is 71.2 Å². The van der Waals surface area contributed by atoms with E-state index in [9.17, 15) is 4.79 Å². The lowest BCUT2D eigenvalue weighted by atomic mass is 10.2. The van der Waals surface area contributed by atoms with Crippen LogP contribution in [0.4, 0.5) is 0 Å². The second-order valence-corrected chi connectivity index (χ2v) is 5.16. The third-order valence-electron chi connectivity index (χ3n) is 3.46. The van der Waals surface area contributed by atoms with E-state index in [0.717, 1.165) is 22.3 Å². The standard InChI is InChI=1S/C19H17NO2/c1-14(18-13-16-9-5-6-10-17(16)22-18)20-19(21)12-11-15-7-3-2-4-8-15/h2-14H,1H3,(H,20,21)/b12-11+/t14-/m1/s1. The molecule has 1 amide bonds. The van der Waals surface area contributed by atoms with Gasteiger partial charge < -0.3 is 9.73 Å². The van der Waals surface area contributed by atoms with E-state index >= 15 is 0 Å². The van der Waals surface area contributed by atoms with E-state index in [1.807, 2.05) is 67.6 Å². The predicted octanol–water partition coefficient (Wildman–Crippen LogP) is 4.32. The third kappa shape index (κ3) is 3.26. The van der Waals surface area contributed by atoms with Crippen LogP contribution < -0.4 is 5.32 Å². The molecule has 1 atom stereocenters. The maximum Gasteiger partial charge on any atom is 0.244 e. The first-order valence-electron chi connectivity index (χ1n) is 7.24. The maximum absolute atomic E-state index is 12.0. The van der Waals surface area contributed by atoms with Gasteiger partial charge in [0, 0.05) is 11.5 Å². The predicted molar refractivity (Wildman–Crippen MR) is 88.2 cm³/mol. The van der Waals surface area contributed by atoms with Gasteiger partial charge in [-0.3, -0.25) is 4.79 Å². The average Bonchev–Trinajstić information content (AvgIpc) is 2.98. The molecule has 3 nitrogen and oxygen atoms in total. The Kier molecular flexibility index (Phi) is 4.05. The van der Waals surface area contributed by atoms with Gasteiger partial charge in [0.25, 0.3) is 0 Å². The van der Waals surface area contributed by atoms with Gasteiger partial charge in [-0.25, -0.2) is 0 Å². The van der Waals surface area contributed by atoms with E-state index in [1.165, 1.54) is 6.08 Å². The molecule has 1 heterocycles. The summed E-state index contributed by atoms with van der Waals surface area (Å²) in [5.41, 5.74) is 1.83. The minimum absolute atomic E-state index is 0.142. The molecule has 1 N–H and O–H groups in total. The Bertz CT molecular complexity index is 769. The van der Waals surface area contributed by atoms with Gasteiger partial charge in [-0.05, 0) is 30.7 Å². The van der Waals surface area contributed by atoms with Crippen molar-refractivity contribution in [2.24, 2.45) is 0 Å². The second-order valence-electron chi connectivity index (χ2n) is 5.16. The number of fused-ring (bicyclic) bond motifs is 1. The molecule has 0 fully saturated rings. The van der Waals surface area contributed by atoms with Crippen LogP contribution in [-0.2, 0) is 4.79 Å². The molecule has 110 valence electrons. The molecule has 2 aromatic carbocycles. The number of carbonyl (C=O) groups is 1. The summed E-state index contributed by atoms with van der Waals surface area (Å²) in [5, 5.41) is 3.95. The number of para-hydroxylation sites is 1. The lowest BCUT2D eigenvalue weighted by Crippen LogP contribution is -2.24. The summed E-state index contributed by atoms with van der Waals surface area (Å²) in [7, 11) is 0. The average molecular weight is 291 g/mol. The third-order valence-corrected chi connectivity index (χ3v) is 3.46. The van der Waals surface area contributed by atoms with E-state index < -0.39 is 0 Å². The van der Waals surface area contributed by atoms with Crippen molar-refractivity contribution in [3.63, 3.8) is 0 Å². The fourth-order valence-electron chi connectivity index (χ4n) is 2.28. The fraction of sp³-hybridized carbons (Fsp3) is 0.105. The van der Waals surface area contributed by atoms with Crippen LogP contribution in [0.3, 0.4) is 0 Å². The van der Waals surface area contributed by atoms with Crippen LogP contribution >= 0.6 is 0 Å². The smallest absolute Gasteiger partial charge is 0.244 e. The molecular weight excluding hydrogens is 274 g/mol. The Balaban J connectivity index is 1.67. The second kappa shape index (κ2) is 6.31. The Hall–Kier alpha value is -2.81. The van der Waals surface area contributed by atoms with Crippen molar-refractivity contribution in [1.82, 2.24) is 5.32 Å². The van der Waals surface area contributed by atoms with E-state index in [0.29, 0.717) is 0 Å². The summed E-state index contributed by atoms with van der Waals surface area (Å²) >= 11 is 0. The molecule has 0 unspecified atom stereocenters. The largest absolute Gasteiger partial charge is 0.459 e. The molecule has 0 aliphatic rings. The van der Waals surface area contributed by atoms with Gasteiger partial charge >= 0.3 is 0 Å². The number of benzene rings is 2. The van der Waals surface area contributed by atoms with Crippen molar-refractivity contribution in [2.75, 3.05) is 0 Å². The molecule has 0 bridgehead atoms. The van der Waals surface area contributed by atoms with Gasteiger partial charge in [-0.1, -0.05) is 48.5 Å². The Morgan fingerprint density at radius 1 is 1.09 bits per heavy atom. The maximum atomic E-state index is 12.0. The topological polar surface area (TPSA) is 42.2 Å². The zero-order valence-electron chi connectivity index (χ0n) is 12.3. The lowest BCUT2D eigenvalue weighted by molar-refractivity contribution is -0.117. The zero-order valence-corrected chi connectivity index (χ0v) is 12.3. The van der Waals surface area contributed by atoms with Gasteiger partial charge in [0.15, 0.2) is 0 Å². The van der Waals surface area contributed by atoms with E-state index in [2.05, 4.69) is 5.32 Å². The van der Waals surface area contributed by atoms with Crippen LogP contribution in [0.1, 0.15) is 24.3 Å². The first-order chi connectivity index (χ1) is 10.7. The van der Waals surface area contributed by atoms with Gasteiger partial charge in [-0.2, -0.15) is 0 Å². The summed E-state index contributed by atoms with van der Waals surface area (Å²) < 4.78 is 5.75. The SMILES string of the molecule is C[C@@H](NC(=O)/C=C/c1ccccc1)c1cc2ccccc2o1. The van der Waals surface area contributed by atoms with Crippen molar-refractivity contribution < 1.29 is 9.21 Å². The number of rotatable bonds is 4. The van der Waals surface area contributed by atoms with E-state index in [4.69, 9.17) is 4.42 Å². The normalized spacial score (nSPS) is 12.6. The van der Waals surface area contributed by atoms with Crippen LogP contribution in [0.2, 0.25) is 0 Å². The Morgan fingerprint density at radius 3 is 2.59 bits per heavy atom. The number of amides is 1. The highest BCUT2D eigenvalue weighted by Gasteiger charge is 2.12. The highest BCUT2D eigenvalue weighted by atomic mass is 16.3. The molecule has 0 aliphatic carbocycles. The number of furan rings is 1. The van der Waals surface area contributed by atoms with Crippen LogP contribution in [-0.4, -0.2) is 5.91 Å².